The first kappa shape index (κ1) is 26.4. The fraction of sp³-hybridized carbons (Fsp3) is 0.469. The lowest BCUT2D eigenvalue weighted by Gasteiger charge is -2.37. The molecular weight excluding hydrogens is 472 g/mol. The number of rotatable bonds is 8. The van der Waals surface area contributed by atoms with Gasteiger partial charge in [0, 0.05) is 69.9 Å². The molecule has 2 aliphatic rings. The van der Waals surface area contributed by atoms with Gasteiger partial charge in [-0.3, -0.25) is 4.79 Å². The van der Waals surface area contributed by atoms with Crippen molar-refractivity contribution >= 4 is 28.1 Å². The van der Waals surface area contributed by atoms with Crippen molar-refractivity contribution in [2.75, 3.05) is 75.8 Å². The van der Waals surface area contributed by atoms with Gasteiger partial charge >= 0.3 is 0 Å². The molecule has 3 aromatic rings. The highest BCUT2D eigenvalue weighted by Gasteiger charge is 2.23. The van der Waals surface area contributed by atoms with Gasteiger partial charge in [0.2, 0.25) is 5.91 Å². The van der Waals surface area contributed by atoms with E-state index >= 15 is 0 Å². The highest BCUT2D eigenvalue weighted by atomic mass is 16.5. The van der Waals surface area contributed by atoms with Crippen LogP contribution in [0.5, 0.6) is 5.75 Å². The van der Waals surface area contributed by atoms with Crippen molar-refractivity contribution in [2.45, 2.75) is 33.1 Å². The molecule has 2 saturated heterocycles. The molecule has 0 spiro atoms. The van der Waals surface area contributed by atoms with Crippen LogP contribution in [-0.4, -0.2) is 81.7 Å². The van der Waals surface area contributed by atoms with Crippen LogP contribution in [0.15, 0.2) is 54.6 Å². The summed E-state index contributed by atoms with van der Waals surface area (Å²) in [4.78, 5) is 22.2. The van der Waals surface area contributed by atoms with Crippen molar-refractivity contribution in [3.05, 3.63) is 65.7 Å². The zero-order valence-corrected chi connectivity index (χ0v) is 23.3. The minimum Gasteiger partial charge on any atom is -0.491 e. The lowest BCUT2D eigenvalue weighted by Crippen LogP contribution is -2.49. The van der Waals surface area contributed by atoms with Crippen LogP contribution in [0.25, 0.3) is 10.8 Å². The molecule has 6 heteroatoms. The number of anilines is 2. The Morgan fingerprint density at radius 1 is 0.789 bits per heavy atom. The molecular formula is C32H42N4O2. The fourth-order valence-electron chi connectivity index (χ4n) is 5.70. The molecule has 0 radical (unpaired) electrons. The van der Waals surface area contributed by atoms with Gasteiger partial charge in [0.05, 0.1) is 12.3 Å². The normalized spacial score (nSPS) is 16.8. The van der Waals surface area contributed by atoms with Crippen LogP contribution in [0.4, 0.5) is 11.4 Å². The Morgan fingerprint density at radius 3 is 2.32 bits per heavy atom. The number of hydrogen-bond acceptors (Lipinski definition) is 5. The summed E-state index contributed by atoms with van der Waals surface area (Å²) >= 11 is 0. The number of likely N-dealkylation sites (N-methyl/N-ethyl adjacent to an activating group) is 1. The van der Waals surface area contributed by atoms with Crippen molar-refractivity contribution in [3.8, 4) is 5.75 Å². The number of carbonyl (C=O) groups is 1. The zero-order valence-electron chi connectivity index (χ0n) is 23.3. The molecule has 202 valence electrons. The molecule has 6 nitrogen and oxygen atoms in total. The largest absolute Gasteiger partial charge is 0.491 e. The van der Waals surface area contributed by atoms with Gasteiger partial charge in [-0.25, -0.2) is 0 Å². The summed E-state index contributed by atoms with van der Waals surface area (Å²) in [6.45, 7) is 12.5. The summed E-state index contributed by atoms with van der Waals surface area (Å²) < 4.78 is 6.35. The number of piperazine rings is 2. The molecule has 0 bridgehead atoms. The van der Waals surface area contributed by atoms with Gasteiger partial charge in [0.25, 0.3) is 0 Å². The Balaban J connectivity index is 1.11. The SMILES string of the molecule is Cc1cccc(N2CCN(C(=O)CCCCOc3ccc4ccccc4c3N3CCN(C)CC3)CC2)c1C. The molecule has 38 heavy (non-hydrogen) atoms. The molecule has 0 saturated carbocycles. The minimum absolute atomic E-state index is 0.273. The van der Waals surface area contributed by atoms with Gasteiger partial charge in [-0.1, -0.05) is 42.5 Å². The first-order valence-corrected chi connectivity index (χ1v) is 14.2. The van der Waals surface area contributed by atoms with Crippen LogP contribution in [0.1, 0.15) is 30.4 Å². The number of ether oxygens (including phenoxy) is 1. The van der Waals surface area contributed by atoms with Crippen molar-refractivity contribution in [3.63, 3.8) is 0 Å². The lowest BCUT2D eigenvalue weighted by atomic mass is 10.1. The lowest BCUT2D eigenvalue weighted by molar-refractivity contribution is -0.131. The quantitative estimate of drug-likeness (QED) is 0.391. The second-order valence-electron chi connectivity index (χ2n) is 10.8. The summed E-state index contributed by atoms with van der Waals surface area (Å²) in [5.74, 6) is 1.23. The summed E-state index contributed by atoms with van der Waals surface area (Å²) in [7, 11) is 2.18. The highest BCUT2D eigenvalue weighted by Crippen LogP contribution is 2.37. The van der Waals surface area contributed by atoms with E-state index in [2.05, 4.69) is 90.2 Å². The number of hydrogen-bond donors (Lipinski definition) is 0. The number of nitrogens with zero attached hydrogens (tertiary/aromatic N) is 4. The molecule has 0 aliphatic carbocycles. The molecule has 0 aromatic heterocycles. The maximum atomic E-state index is 12.9. The molecule has 0 unspecified atom stereocenters. The number of carbonyl (C=O) groups excluding carboxylic acids is 1. The van der Waals surface area contributed by atoms with E-state index in [0.29, 0.717) is 13.0 Å². The Labute approximate surface area is 227 Å². The second kappa shape index (κ2) is 12.1. The van der Waals surface area contributed by atoms with E-state index in [1.807, 2.05) is 4.90 Å². The summed E-state index contributed by atoms with van der Waals surface area (Å²) in [5, 5.41) is 2.50. The van der Waals surface area contributed by atoms with Crippen molar-refractivity contribution < 1.29 is 9.53 Å². The molecule has 2 heterocycles. The van der Waals surface area contributed by atoms with Crippen LogP contribution in [0.2, 0.25) is 0 Å². The number of amides is 1. The number of fused-ring (bicyclic) bond motifs is 1. The highest BCUT2D eigenvalue weighted by molar-refractivity contribution is 5.97. The predicted molar refractivity (Wildman–Crippen MR) is 158 cm³/mol. The number of unbranched alkanes of at least 4 members (excludes halogenated alkanes) is 1. The number of aryl methyl sites for hydroxylation is 1. The summed E-state index contributed by atoms with van der Waals surface area (Å²) in [6, 6.07) is 19.3. The molecule has 2 aliphatic heterocycles. The summed E-state index contributed by atoms with van der Waals surface area (Å²) in [5.41, 5.74) is 5.19. The van der Waals surface area contributed by atoms with Gasteiger partial charge in [-0.05, 0) is 62.4 Å². The Hall–Kier alpha value is -3.25. The molecule has 3 aromatic carbocycles. The Bertz CT molecular complexity index is 1240. The van der Waals surface area contributed by atoms with Gasteiger partial charge in [-0.15, -0.1) is 0 Å². The van der Waals surface area contributed by atoms with Crippen molar-refractivity contribution in [2.24, 2.45) is 0 Å². The predicted octanol–water partition coefficient (Wildman–Crippen LogP) is 5.11. The third-order valence-electron chi connectivity index (χ3n) is 8.27. The third-order valence-corrected chi connectivity index (χ3v) is 8.27. The first-order valence-electron chi connectivity index (χ1n) is 14.2. The van der Waals surface area contributed by atoms with E-state index in [9.17, 15) is 4.79 Å². The topological polar surface area (TPSA) is 39.3 Å². The average Bonchev–Trinajstić information content (AvgIpc) is 2.95. The van der Waals surface area contributed by atoms with E-state index in [0.717, 1.165) is 70.9 Å². The second-order valence-corrected chi connectivity index (χ2v) is 10.8. The maximum absolute atomic E-state index is 12.9. The third kappa shape index (κ3) is 5.91. The zero-order chi connectivity index (χ0) is 26.5. The fourth-order valence-corrected chi connectivity index (χ4v) is 5.70. The van der Waals surface area contributed by atoms with Crippen LogP contribution in [0.3, 0.4) is 0 Å². The molecule has 5 rings (SSSR count). The summed E-state index contributed by atoms with van der Waals surface area (Å²) in [6.07, 6.45) is 2.33. The molecule has 0 N–H and O–H groups in total. The average molecular weight is 515 g/mol. The van der Waals surface area contributed by atoms with Gasteiger partial charge < -0.3 is 24.3 Å². The van der Waals surface area contributed by atoms with Gasteiger partial charge in [0.1, 0.15) is 5.75 Å². The monoisotopic (exact) mass is 514 g/mol. The van der Waals surface area contributed by atoms with Crippen LogP contribution in [-0.2, 0) is 4.79 Å². The van der Waals surface area contributed by atoms with E-state index in [1.54, 1.807) is 0 Å². The van der Waals surface area contributed by atoms with E-state index in [1.165, 1.54) is 33.3 Å². The van der Waals surface area contributed by atoms with Gasteiger partial charge in [-0.2, -0.15) is 0 Å². The first-order chi connectivity index (χ1) is 18.5. The maximum Gasteiger partial charge on any atom is 0.222 e. The smallest absolute Gasteiger partial charge is 0.222 e. The van der Waals surface area contributed by atoms with Crippen LogP contribution in [0, 0.1) is 13.8 Å². The molecule has 2 fully saturated rings. The van der Waals surface area contributed by atoms with Crippen LogP contribution < -0.4 is 14.5 Å². The standard InChI is InChI=1S/C32H42N4O2/c1-25-9-8-12-29(26(25)2)34-20-22-35(23-21-34)31(37)13-6-7-24-38-30-15-14-27-10-4-5-11-28(27)32(30)36-18-16-33(3)17-19-36/h4-5,8-12,14-15H,6-7,13,16-24H2,1-3H3. The molecule has 0 atom stereocenters. The van der Waals surface area contributed by atoms with E-state index < -0.39 is 0 Å². The van der Waals surface area contributed by atoms with Crippen LogP contribution >= 0.6 is 0 Å². The van der Waals surface area contributed by atoms with Gasteiger partial charge in [0.15, 0.2) is 0 Å². The van der Waals surface area contributed by atoms with Crippen molar-refractivity contribution in [1.82, 2.24) is 9.80 Å². The molecule has 1 amide bonds. The Morgan fingerprint density at radius 2 is 1.53 bits per heavy atom. The van der Waals surface area contributed by atoms with E-state index in [4.69, 9.17) is 4.74 Å². The van der Waals surface area contributed by atoms with E-state index in [-0.39, 0.29) is 5.91 Å². The minimum atomic E-state index is 0.273. The number of benzene rings is 3. The van der Waals surface area contributed by atoms with Crippen molar-refractivity contribution in [1.29, 1.82) is 0 Å². The Kier molecular flexibility index (Phi) is 8.38.